The Balaban J connectivity index is 1.70. The third-order valence-corrected chi connectivity index (χ3v) is 7.61. The SMILES string of the molecule is CCNC(=NCC1(O)CCC1SCC)NCC(c1ccccc1OC)N1CCCC1. The second-order valence-corrected chi connectivity index (χ2v) is 9.64. The Bertz CT molecular complexity index is 696. The fourth-order valence-electron chi connectivity index (χ4n) is 4.40. The van der Waals surface area contributed by atoms with E-state index < -0.39 is 5.60 Å². The summed E-state index contributed by atoms with van der Waals surface area (Å²) >= 11 is 1.85. The lowest BCUT2D eigenvalue weighted by molar-refractivity contribution is -0.0154. The van der Waals surface area contributed by atoms with E-state index in [1.54, 1.807) is 7.11 Å². The molecule has 2 fully saturated rings. The highest BCUT2D eigenvalue weighted by Gasteiger charge is 2.45. The van der Waals surface area contributed by atoms with E-state index in [1.807, 2.05) is 23.9 Å². The second-order valence-electron chi connectivity index (χ2n) is 8.16. The summed E-state index contributed by atoms with van der Waals surface area (Å²) in [5.74, 6) is 2.74. The van der Waals surface area contributed by atoms with Gasteiger partial charge in [-0.25, -0.2) is 0 Å². The highest BCUT2D eigenvalue weighted by Crippen LogP contribution is 2.41. The van der Waals surface area contributed by atoms with Crippen LogP contribution in [0.1, 0.15) is 51.1 Å². The van der Waals surface area contributed by atoms with Gasteiger partial charge in [0.05, 0.1) is 25.3 Å². The summed E-state index contributed by atoms with van der Waals surface area (Å²) in [5.41, 5.74) is 0.544. The van der Waals surface area contributed by atoms with E-state index in [0.717, 1.165) is 56.5 Å². The summed E-state index contributed by atoms with van der Waals surface area (Å²) in [6, 6.07) is 8.53. The number of nitrogens with one attached hydrogen (secondary N) is 2. The van der Waals surface area contributed by atoms with Gasteiger partial charge in [0.1, 0.15) is 5.75 Å². The lowest BCUT2D eigenvalue weighted by Crippen LogP contribution is -2.53. The average molecular weight is 435 g/mol. The molecule has 6 nitrogen and oxygen atoms in total. The van der Waals surface area contributed by atoms with E-state index in [0.29, 0.717) is 11.8 Å². The van der Waals surface area contributed by atoms with Gasteiger partial charge in [0.15, 0.2) is 5.96 Å². The first-order valence-electron chi connectivity index (χ1n) is 11.3. The number of aliphatic hydroxyl groups is 1. The van der Waals surface area contributed by atoms with E-state index >= 15 is 0 Å². The van der Waals surface area contributed by atoms with Crippen LogP contribution in [0, 0.1) is 0 Å². The molecule has 3 unspecified atom stereocenters. The molecule has 0 radical (unpaired) electrons. The van der Waals surface area contributed by atoms with Crippen molar-refractivity contribution in [3.05, 3.63) is 29.8 Å². The van der Waals surface area contributed by atoms with Crippen LogP contribution in [-0.2, 0) is 0 Å². The Kier molecular flexibility index (Phi) is 8.72. The fourth-order valence-corrected chi connectivity index (χ4v) is 5.59. The maximum absolute atomic E-state index is 10.9. The van der Waals surface area contributed by atoms with E-state index in [2.05, 4.69) is 41.5 Å². The smallest absolute Gasteiger partial charge is 0.191 e. The van der Waals surface area contributed by atoms with Crippen LogP contribution in [0.4, 0.5) is 0 Å². The number of nitrogens with zero attached hydrogens (tertiary/aromatic N) is 2. The largest absolute Gasteiger partial charge is 0.496 e. The number of para-hydroxylation sites is 1. The standard InChI is InChI=1S/C23H38N4O2S/c1-4-24-22(26-17-23(28)13-12-21(23)30-5-2)25-16-19(27-14-8-9-15-27)18-10-6-7-11-20(18)29-3/h6-7,10-11,19,21,28H,4-5,8-9,12-17H2,1-3H3,(H2,24,25,26). The molecule has 2 aliphatic rings. The highest BCUT2D eigenvalue weighted by atomic mass is 32.2. The van der Waals surface area contributed by atoms with E-state index in [1.165, 1.54) is 18.4 Å². The molecule has 1 saturated heterocycles. The molecule has 0 spiro atoms. The number of thioether (sulfide) groups is 1. The van der Waals surface area contributed by atoms with E-state index in [4.69, 9.17) is 9.73 Å². The van der Waals surface area contributed by atoms with Crippen molar-refractivity contribution in [2.45, 2.75) is 56.4 Å². The molecule has 0 bridgehead atoms. The zero-order valence-electron chi connectivity index (χ0n) is 18.7. The van der Waals surface area contributed by atoms with Crippen molar-refractivity contribution < 1.29 is 9.84 Å². The minimum Gasteiger partial charge on any atom is -0.496 e. The molecule has 1 saturated carbocycles. The Labute approximate surface area is 185 Å². The van der Waals surface area contributed by atoms with Crippen LogP contribution in [0.2, 0.25) is 0 Å². The Morgan fingerprint density at radius 1 is 1.30 bits per heavy atom. The summed E-state index contributed by atoms with van der Waals surface area (Å²) in [6.45, 7) is 8.42. The van der Waals surface area contributed by atoms with Crippen LogP contribution >= 0.6 is 11.8 Å². The number of rotatable bonds is 10. The highest BCUT2D eigenvalue weighted by molar-refractivity contribution is 8.00. The predicted octanol–water partition coefficient (Wildman–Crippen LogP) is 3.03. The first kappa shape index (κ1) is 23.2. The van der Waals surface area contributed by atoms with Crippen molar-refractivity contribution in [1.29, 1.82) is 0 Å². The van der Waals surface area contributed by atoms with Crippen LogP contribution in [0.3, 0.4) is 0 Å². The molecule has 1 heterocycles. The number of guanidine groups is 1. The van der Waals surface area contributed by atoms with Crippen molar-refractivity contribution in [2.75, 3.05) is 45.6 Å². The van der Waals surface area contributed by atoms with Gasteiger partial charge in [-0.1, -0.05) is 25.1 Å². The number of methoxy groups -OCH3 is 1. The third-order valence-electron chi connectivity index (χ3n) is 6.20. The van der Waals surface area contributed by atoms with Crippen LogP contribution in [-0.4, -0.2) is 72.4 Å². The van der Waals surface area contributed by atoms with Crippen molar-refractivity contribution in [3.8, 4) is 5.75 Å². The zero-order chi connectivity index (χ0) is 21.4. The van der Waals surface area contributed by atoms with Gasteiger partial charge >= 0.3 is 0 Å². The first-order chi connectivity index (χ1) is 14.6. The number of hydrogen-bond donors (Lipinski definition) is 3. The number of likely N-dealkylation sites (tertiary alicyclic amines) is 1. The maximum Gasteiger partial charge on any atom is 0.191 e. The summed E-state index contributed by atoms with van der Waals surface area (Å²) < 4.78 is 5.65. The van der Waals surface area contributed by atoms with Crippen molar-refractivity contribution in [2.24, 2.45) is 4.99 Å². The lowest BCUT2D eigenvalue weighted by Gasteiger charge is -2.44. The van der Waals surface area contributed by atoms with Crippen molar-refractivity contribution in [1.82, 2.24) is 15.5 Å². The molecule has 30 heavy (non-hydrogen) atoms. The molecule has 3 rings (SSSR count). The molecule has 1 aliphatic carbocycles. The number of aliphatic imine (C=N–C) groups is 1. The predicted molar refractivity (Wildman–Crippen MR) is 127 cm³/mol. The fraction of sp³-hybridized carbons (Fsp3) is 0.696. The minimum atomic E-state index is -0.667. The second kappa shape index (κ2) is 11.3. The normalized spacial score (nSPS) is 25.6. The van der Waals surface area contributed by atoms with Gasteiger partial charge in [-0.15, -0.1) is 0 Å². The molecule has 7 heteroatoms. The summed E-state index contributed by atoms with van der Waals surface area (Å²) in [5, 5.41) is 18.1. The van der Waals surface area contributed by atoms with E-state index in [9.17, 15) is 5.11 Å². The number of ether oxygens (including phenoxy) is 1. The first-order valence-corrected chi connectivity index (χ1v) is 12.4. The van der Waals surface area contributed by atoms with Gasteiger partial charge in [0.25, 0.3) is 0 Å². The van der Waals surface area contributed by atoms with Crippen molar-refractivity contribution >= 4 is 17.7 Å². The molecule has 3 atom stereocenters. The number of hydrogen-bond acceptors (Lipinski definition) is 5. The molecule has 1 aromatic carbocycles. The average Bonchev–Trinajstić information content (AvgIpc) is 3.29. The molecule has 168 valence electrons. The summed E-state index contributed by atoms with van der Waals surface area (Å²) in [4.78, 5) is 7.29. The molecular formula is C23H38N4O2S. The molecule has 3 N–H and O–H groups in total. The molecule has 1 aromatic rings. The van der Waals surface area contributed by atoms with Gasteiger partial charge < -0.3 is 20.5 Å². The van der Waals surface area contributed by atoms with Crippen LogP contribution in [0.15, 0.2) is 29.3 Å². The molecule has 1 aliphatic heterocycles. The van der Waals surface area contributed by atoms with Gasteiger partial charge in [-0.3, -0.25) is 9.89 Å². The minimum absolute atomic E-state index is 0.225. The monoisotopic (exact) mass is 434 g/mol. The molecular weight excluding hydrogens is 396 g/mol. The van der Waals surface area contributed by atoms with Gasteiger partial charge in [-0.2, -0.15) is 11.8 Å². The third kappa shape index (κ3) is 5.62. The van der Waals surface area contributed by atoms with Crippen LogP contribution in [0.5, 0.6) is 5.75 Å². The lowest BCUT2D eigenvalue weighted by atomic mass is 9.79. The van der Waals surface area contributed by atoms with E-state index in [-0.39, 0.29) is 6.04 Å². The van der Waals surface area contributed by atoms with Crippen LogP contribution < -0.4 is 15.4 Å². The van der Waals surface area contributed by atoms with Gasteiger partial charge in [0, 0.05) is 23.9 Å². The van der Waals surface area contributed by atoms with Gasteiger partial charge in [0.2, 0.25) is 0 Å². The topological polar surface area (TPSA) is 69.1 Å². The molecule has 0 aromatic heterocycles. The van der Waals surface area contributed by atoms with Gasteiger partial charge in [-0.05, 0) is 57.5 Å². The summed E-state index contributed by atoms with van der Waals surface area (Å²) in [6.07, 6.45) is 4.40. The Hall–Kier alpha value is -1.44. The van der Waals surface area contributed by atoms with Crippen molar-refractivity contribution in [3.63, 3.8) is 0 Å². The number of benzene rings is 1. The zero-order valence-corrected chi connectivity index (χ0v) is 19.5. The summed E-state index contributed by atoms with van der Waals surface area (Å²) in [7, 11) is 1.74. The van der Waals surface area contributed by atoms with Crippen LogP contribution in [0.25, 0.3) is 0 Å². The Morgan fingerprint density at radius 2 is 2.07 bits per heavy atom. The Morgan fingerprint density at radius 3 is 2.70 bits per heavy atom. The quantitative estimate of drug-likeness (QED) is 0.388. The maximum atomic E-state index is 10.9. The molecule has 0 amide bonds.